The van der Waals surface area contributed by atoms with Crippen molar-refractivity contribution < 1.29 is 0 Å². The Morgan fingerprint density at radius 3 is 1.47 bits per heavy atom. The molecule has 0 saturated heterocycles. The molecule has 0 N–H and O–H groups in total. The zero-order valence-electron chi connectivity index (χ0n) is 22.1. The van der Waals surface area contributed by atoms with Crippen molar-refractivity contribution in [1.29, 1.82) is 0 Å². The van der Waals surface area contributed by atoms with E-state index in [2.05, 4.69) is 104 Å². The maximum Gasteiger partial charge on any atom is -0.00639 e. The molecule has 178 valence electrons. The SMILES string of the molecule is CC(C)CP(Cc1cccc(-c2ccccc2)c1CP(CC(C)C)CC(C)C)CC(C)C. The molecule has 0 aromatic heterocycles. The van der Waals surface area contributed by atoms with Crippen LogP contribution < -0.4 is 0 Å². The zero-order valence-corrected chi connectivity index (χ0v) is 23.9. The van der Waals surface area contributed by atoms with Gasteiger partial charge in [-0.15, -0.1) is 15.8 Å². The Morgan fingerprint density at radius 1 is 0.531 bits per heavy atom. The van der Waals surface area contributed by atoms with Crippen LogP contribution >= 0.6 is 15.8 Å². The lowest BCUT2D eigenvalue weighted by Gasteiger charge is -2.27. The van der Waals surface area contributed by atoms with E-state index in [0.717, 1.165) is 23.7 Å². The molecule has 0 fully saturated rings. The predicted molar refractivity (Wildman–Crippen MR) is 152 cm³/mol. The van der Waals surface area contributed by atoms with Crippen molar-refractivity contribution in [2.45, 2.75) is 67.7 Å². The Morgan fingerprint density at radius 2 is 1.00 bits per heavy atom. The second kappa shape index (κ2) is 13.9. The monoisotopic (exact) mass is 470 g/mol. The van der Waals surface area contributed by atoms with Gasteiger partial charge in [0.1, 0.15) is 0 Å². The average Bonchev–Trinajstić information content (AvgIpc) is 2.68. The van der Waals surface area contributed by atoms with E-state index in [1.165, 1.54) is 48.1 Å². The predicted octanol–water partition coefficient (Wildman–Crippen LogP) is 9.94. The van der Waals surface area contributed by atoms with Gasteiger partial charge < -0.3 is 0 Å². The molecule has 2 rings (SSSR count). The number of hydrogen-bond donors (Lipinski definition) is 0. The van der Waals surface area contributed by atoms with E-state index < -0.39 is 0 Å². The number of hydrogen-bond acceptors (Lipinski definition) is 0. The van der Waals surface area contributed by atoms with Gasteiger partial charge in [0, 0.05) is 0 Å². The van der Waals surface area contributed by atoms with Crippen molar-refractivity contribution in [3.05, 3.63) is 59.7 Å². The maximum absolute atomic E-state index is 2.47. The van der Waals surface area contributed by atoms with E-state index >= 15 is 0 Å². The Balaban J connectivity index is 2.48. The van der Waals surface area contributed by atoms with Crippen LogP contribution in [0.3, 0.4) is 0 Å². The molecule has 0 radical (unpaired) electrons. The second-order valence-electron chi connectivity index (χ2n) is 11.3. The summed E-state index contributed by atoms with van der Waals surface area (Å²) in [5, 5.41) is 0. The van der Waals surface area contributed by atoms with E-state index in [-0.39, 0.29) is 15.8 Å². The minimum atomic E-state index is 0.0102. The Kier molecular flexibility index (Phi) is 11.9. The molecule has 0 atom stereocenters. The molecular formula is C30H48P2. The molecule has 0 nitrogen and oxygen atoms in total. The number of rotatable bonds is 13. The Hall–Kier alpha value is -0.700. The molecule has 2 aromatic carbocycles. The summed E-state index contributed by atoms with van der Waals surface area (Å²) in [6.45, 7) is 19.2. The summed E-state index contributed by atoms with van der Waals surface area (Å²) in [7, 11) is 0.0456. The second-order valence-corrected chi connectivity index (χ2v) is 16.0. The van der Waals surface area contributed by atoms with Crippen LogP contribution in [-0.2, 0) is 12.3 Å². The minimum absolute atomic E-state index is 0.0102. The fraction of sp³-hybridized carbons (Fsp3) is 0.600. The summed E-state index contributed by atoms with van der Waals surface area (Å²) < 4.78 is 0. The van der Waals surface area contributed by atoms with Crippen molar-refractivity contribution in [3.63, 3.8) is 0 Å². The largest absolute Gasteiger partial charge is 0.102 e. The van der Waals surface area contributed by atoms with E-state index in [1.807, 2.05) is 0 Å². The van der Waals surface area contributed by atoms with Gasteiger partial charge in [-0.25, -0.2) is 0 Å². The highest BCUT2D eigenvalue weighted by Crippen LogP contribution is 2.49. The van der Waals surface area contributed by atoms with E-state index in [9.17, 15) is 0 Å². The molecular weight excluding hydrogens is 422 g/mol. The first-order valence-corrected chi connectivity index (χ1v) is 16.6. The third-order valence-corrected chi connectivity index (χ3v) is 12.2. The van der Waals surface area contributed by atoms with Gasteiger partial charge in [0.05, 0.1) is 0 Å². The van der Waals surface area contributed by atoms with Crippen LogP contribution in [0.5, 0.6) is 0 Å². The third kappa shape index (κ3) is 9.65. The summed E-state index contributed by atoms with van der Waals surface area (Å²) in [6, 6.07) is 18.3. The topological polar surface area (TPSA) is 0 Å². The van der Waals surface area contributed by atoms with Gasteiger partial charge in [0.15, 0.2) is 0 Å². The lowest BCUT2D eigenvalue weighted by molar-refractivity contribution is 0.715. The van der Waals surface area contributed by atoms with Gasteiger partial charge in [0.25, 0.3) is 0 Å². The summed E-state index contributed by atoms with van der Waals surface area (Å²) in [5.74, 6) is 3.15. The molecule has 2 aromatic rings. The highest BCUT2D eigenvalue weighted by molar-refractivity contribution is 7.57. The first-order valence-electron chi connectivity index (χ1n) is 12.8. The molecule has 0 heterocycles. The average molecular weight is 471 g/mol. The maximum atomic E-state index is 2.47. The van der Waals surface area contributed by atoms with Crippen molar-refractivity contribution in [1.82, 2.24) is 0 Å². The van der Waals surface area contributed by atoms with Crippen LogP contribution in [0.1, 0.15) is 66.5 Å². The van der Waals surface area contributed by atoms with E-state index in [1.54, 1.807) is 11.1 Å². The normalized spacial score (nSPS) is 12.3. The summed E-state index contributed by atoms with van der Waals surface area (Å²) in [6.07, 6.45) is 8.17. The highest BCUT2D eigenvalue weighted by atomic mass is 31.1. The van der Waals surface area contributed by atoms with Gasteiger partial charge >= 0.3 is 0 Å². The minimum Gasteiger partial charge on any atom is -0.102 e. The molecule has 0 aliphatic carbocycles. The molecule has 2 heteroatoms. The quantitative estimate of drug-likeness (QED) is 0.255. The van der Waals surface area contributed by atoms with Crippen molar-refractivity contribution in [2.75, 3.05) is 24.6 Å². The fourth-order valence-corrected chi connectivity index (χ4v) is 11.3. The molecule has 32 heavy (non-hydrogen) atoms. The molecule has 0 aliphatic rings. The van der Waals surface area contributed by atoms with Crippen LogP contribution in [0.2, 0.25) is 0 Å². The molecule has 0 aliphatic heterocycles. The van der Waals surface area contributed by atoms with Crippen molar-refractivity contribution >= 4 is 15.8 Å². The number of benzene rings is 2. The molecule has 0 amide bonds. The lowest BCUT2D eigenvalue weighted by atomic mass is 9.97. The van der Waals surface area contributed by atoms with Crippen LogP contribution in [0, 0.1) is 23.7 Å². The zero-order chi connectivity index (χ0) is 23.7. The molecule has 0 spiro atoms. The van der Waals surface area contributed by atoms with Gasteiger partial charge in [-0.1, -0.05) is 104 Å². The molecule has 0 unspecified atom stereocenters. The lowest BCUT2D eigenvalue weighted by Crippen LogP contribution is -2.08. The van der Waals surface area contributed by atoms with Gasteiger partial charge in [0.2, 0.25) is 0 Å². The molecule has 0 bridgehead atoms. The van der Waals surface area contributed by atoms with Gasteiger partial charge in [-0.3, -0.25) is 0 Å². The van der Waals surface area contributed by atoms with Crippen LogP contribution in [0.4, 0.5) is 0 Å². The fourth-order valence-electron chi connectivity index (χ4n) is 4.80. The summed E-state index contributed by atoms with van der Waals surface area (Å²) in [4.78, 5) is 0. The van der Waals surface area contributed by atoms with Crippen LogP contribution in [0.15, 0.2) is 48.5 Å². The Labute approximate surface area is 202 Å². The Bertz CT molecular complexity index is 757. The van der Waals surface area contributed by atoms with Crippen molar-refractivity contribution in [2.24, 2.45) is 23.7 Å². The van der Waals surface area contributed by atoms with Crippen molar-refractivity contribution in [3.8, 4) is 11.1 Å². The van der Waals surface area contributed by atoms with Gasteiger partial charge in [-0.2, -0.15) is 0 Å². The summed E-state index contributed by atoms with van der Waals surface area (Å²) in [5.41, 5.74) is 6.21. The van der Waals surface area contributed by atoms with E-state index in [4.69, 9.17) is 0 Å². The highest BCUT2D eigenvalue weighted by Gasteiger charge is 2.21. The van der Waals surface area contributed by atoms with Crippen LogP contribution in [0.25, 0.3) is 11.1 Å². The van der Waals surface area contributed by atoms with E-state index in [0.29, 0.717) is 0 Å². The third-order valence-electron chi connectivity index (χ3n) is 5.63. The molecule has 0 saturated carbocycles. The smallest absolute Gasteiger partial charge is 0.00639 e. The van der Waals surface area contributed by atoms with Crippen LogP contribution in [-0.4, -0.2) is 24.6 Å². The first-order chi connectivity index (χ1) is 15.2. The first kappa shape index (κ1) is 27.5. The summed E-state index contributed by atoms with van der Waals surface area (Å²) >= 11 is 0. The standard InChI is InChI=1S/C30H48P2/c1-23(2)17-31(18-24(3)4)21-28-15-12-16-29(27-13-10-9-11-14-27)30(28)22-32(19-25(5)6)20-26(7)8/h9-16,23-26H,17-22H2,1-8H3. The van der Waals surface area contributed by atoms with Gasteiger partial charge in [-0.05, 0) is 82.9 Å².